The van der Waals surface area contributed by atoms with Gasteiger partial charge in [0.15, 0.2) is 5.82 Å². The Morgan fingerprint density at radius 3 is 2.85 bits per heavy atom. The summed E-state index contributed by atoms with van der Waals surface area (Å²) in [5.41, 5.74) is 6.78. The van der Waals surface area contributed by atoms with Crippen molar-refractivity contribution in [2.75, 3.05) is 24.3 Å². The van der Waals surface area contributed by atoms with Gasteiger partial charge >= 0.3 is 0 Å². The van der Waals surface area contributed by atoms with Gasteiger partial charge in [0.1, 0.15) is 18.2 Å². The van der Waals surface area contributed by atoms with Crippen LogP contribution in [-0.4, -0.2) is 28.6 Å². The van der Waals surface area contributed by atoms with E-state index >= 15 is 0 Å². The minimum Gasteiger partial charge on any atom is -0.384 e. The van der Waals surface area contributed by atoms with Crippen LogP contribution in [0, 0.1) is 0 Å². The number of nitrogens with zero attached hydrogens (tertiary/aromatic N) is 4. The normalized spacial score (nSPS) is 10.5. The van der Waals surface area contributed by atoms with E-state index in [1.54, 1.807) is 12.3 Å². The van der Waals surface area contributed by atoms with Crippen molar-refractivity contribution in [3.05, 3.63) is 42.0 Å². The third-order valence-corrected chi connectivity index (χ3v) is 2.73. The van der Waals surface area contributed by atoms with Crippen LogP contribution >= 0.6 is 0 Å². The Morgan fingerprint density at radius 2 is 2.15 bits per heavy atom. The molecule has 0 amide bonds. The molecule has 106 valence electrons. The van der Waals surface area contributed by atoms with E-state index in [0.29, 0.717) is 31.4 Å². The van der Waals surface area contributed by atoms with Crippen LogP contribution in [0.3, 0.4) is 0 Å². The van der Waals surface area contributed by atoms with Crippen LogP contribution in [0.2, 0.25) is 0 Å². The van der Waals surface area contributed by atoms with Crippen LogP contribution in [0.5, 0.6) is 0 Å². The zero-order valence-electron chi connectivity index (χ0n) is 11.8. The predicted octanol–water partition coefficient (Wildman–Crippen LogP) is 1.63. The van der Waals surface area contributed by atoms with E-state index in [4.69, 9.17) is 10.5 Å². The molecule has 6 nitrogen and oxygen atoms in total. The highest BCUT2D eigenvalue weighted by Gasteiger charge is 2.08. The van der Waals surface area contributed by atoms with Crippen LogP contribution < -0.4 is 10.6 Å². The molecule has 0 aliphatic rings. The molecule has 0 aliphatic carbocycles. The summed E-state index contributed by atoms with van der Waals surface area (Å²) < 4.78 is 5.32. The Balaban J connectivity index is 2.12. The number of ether oxygens (including phenoxy) is 1. The molecule has 0 unspecified atom stereocenters. The number of hydrogen-bond donors (Lipinski definition) is 1. The Morgan fingerprint density at radius 1 is 1.30 bits per heavy atom. The minimum atomic E-state index is 0.367. The first-order valence-corrected chi connectivity index (χ1v) is 6.51. The van der Waals surface area contributed by atoms with E-state index < -0.39 is 0 Å². The largest absolute Gasteiger partial charge is 0.384 e. The van der Waals surface area contributed by atoms with Crippen LogP contribution in [-0.2, 0) is 17.9 Å². The van der Waals surface area contributed by atoms with Gasteiger partial charge in [0, 0.05) is 25.9 Å². The Bertz CT molecular complexity index is 547. The van der Waals surface area contributed by atoms with E-state index in [-0.39, 0.29) is 0 Å². The molecule has 0 aromatic carbocycles. The van der Waals surface area contributed by atoms with Crippen molar-refractivity contribution in [2.45, 2.75) is 20.1 Å². The number of aromatic nitrogens is 3. The summed E-state index contributed by atoms with van der Waals surface area (Å²) >= 11 is 0. The van der Waals surface area contributed by atoms with Gasteiger partial charge in [-0.15, -0.1) is 0 Å². The second-order valence-electron chi connectivity index (χ2n) is 4.38. The zero-order valence-corrected chi connectivity index (χ0v) is 11.8. The molecular weight excluding hydrogens is 254 g/mol. The summed E-state index contributed by atoms with van der Waals surface area (Å²) in [6.07, 6.45) is 1.78. The Hall–Kier alpha value is -2.21. The van der Waals surface area contributed by atoms with Gasteiger partial charge in [-0.1, -0.05) is 6.07 Å². The highest BCUT2D eigenvalue weighted by molar-refractivity contribution is 5.46. The Labute approximate surface area is 118 Å². The molecule has 0 atom stereocenters. The SMILES string of the molecule is CCOCc1nc(N)cc(N(C)Cc2ccccn2)n1. The average Bonchev–Trinajstić information content (AvgIpc) is 2.45. The molecule has 0 spiro atoms. The van der Waals surface area contributed by atoms with E-state index in [1.165, 1.54) is 0 Å². The van der Waals surface area contributed by atoms with Gasteiger partial charge in [0.2, 0.25) is 0 Å². The van der Waals surface area contributed by atoms with Crippen molar-refractivity contribution in [1.82, 2.24) is 15.0 Å². The van der Waals surface area contributed by atoms with Gasteiger partial charge in [-0.3, -0.25) is 4.98 Å². The van der Waals surface area contributed by atoms with E-state index in [1.807, 2.05) is 37.1 Å². The van der Waals surface area contributed by atoms with E-state index in [9.17, 15) is 0 Å². The maximum atomic E-state index is 5.81. The molecule has 0 saturated heterocycles. The molecule has 2 heterocycles. The Kier molecular flexibility index (Phi) is 4.84. The van der Waals surface area contributed by atoms with E-state index in [0.717, 1.165) is 11.5 Å². The molecule has 0 bridgehead atoms. The third kappa shape index (κ3) is 3.89. The van der Waals surface area contributed by atoms with Crippen molar-refractivity contribution >= 4 is 11.6 Å². The summed E-state index contributed by atoms with van der Waals surface area (Å²) in [7, 11) is 1.95. The van der Waals surface area contributed by atoms with Gasteiger partial charge in [-0.2, -0.15) is 0 Å². The lowest BCUT2D eigenvalue weighted by Crippen LogP contribution is -2.20. The van der Waals surface area contributed by atoms with Gasteiger partial charge in [0.25, 0.3) is 0 Å². The van der Waals surface area contributed by atoms with Crippen molar-refractivity contribution in [3.63, 3.8) is 0 Å². The molecule has 2 N–H and O–H groups in total. The highest BCUT2D eigenvalue weighted by Crippen LogP contribution is 2.15. The number of pyridine rings is 1. The quantitative estimate of drug-likeness (QED) is 0.862. The molecule has 0 aliphatic heterocycles. The second kappa shape index (κ2) is 6.81. The molecule has 0 saturated carbocycles. The molecular formula is C14H19N5O. The van der Waals surface area contributed by atoms with Crippen molar-refractivity contribution in [3.8, 4) is 0 Å². The van der Waals surface area contributed by atoms with Gasteiger partial charge < -0.3 is 15.4 Å². The minimum absolute atomic E-state index is 0.367. The second-order valence-corrected chi connectivity index (χ2v) is 4.38. The standard InChI is InChI=1S/C14H19N5O/c1-3-20-10-13-17-12(15)8-14(18-13)19(2)9-11-6-4-5-7-16-11/h4-8H,3,9-10H2,1-2H3,(H2,15,17,18). The summed E-state index contributed by atoms with van der Waals surface area (Å²) in [4.78, 5) is 14.9. The summed E-state index contributed by atoms with van der Waals surface area (Å²) in [6, 6.07) is 7.58. The highest BCUT2D eigenvalue weighted by atomic mass is 16.5. The molecule has 0 fully saturated rings. The monoisotopic (exact) mass is 273 g/mol. The lowest BCUT2D eigenvalue weighted by Gasteiger charge is -2.18. The summed E-state index contributed by atoms with van der Waals surface area (Å²) in [6.45, 7) is 3.58. The predicted molar refractivity (Wildman–Crippen MR) is 78.1 cm³/mol. The maximum Gasteiger partial charge on any atom is 0.158 e. The number of nitrogens with two attached hydrogens (primary N) is 1. The smallest absolute Gasteiger partial charge is 0.158 e. The fourth-order valence-corrected chi connectivity index (χ4v) is 1.77. The fourth-order valence-electron chi connectivity index (χ4n) is 1.77. The topological polar surface area (TPSA) is 77.2 Å². The first-order valence-electron chi connectivity index (χ1n) is 6.51. The first kappa shape index (κ1) is 14.2. The maximum absolute atomic E-state index is 5.81. The van der Waals surface area contributed by atoms with E-state index in [2.05, 4.69) is 15.0 Å². The molecule has 0 radical (unpaired) electrons. The van der Waals surface area contributed by atoms with Gasteiger partial charge in [-0.25, -0.2) is 9.97 Å². The van der Waals surface area contributed by atoms with Crippen molar-refractivity contribution in [1.29, 1.82) is 0 Å². The van der Waals surface area contributed by atoms with Crippen molar-refractivity contribution < 1.29 is 4.74 Å². The zero-order chi connectivity index (χ0) is 14.4. The molecule has 2 aromatic rings. The first-order chi connectivity index (χ1) is 9.69. The average molecular weight is 273 g/mol. The van der Waals surface area contributed by atoms with Crippen LogP contribution in [0.15, 0.2) is 30.5 Å². The molecule has 6 heteroatoms. The lowest BCUT2D eigenvalue weighted by molar-refractivity contribution is 0.128. The number of rotatable bonds is 6. The van der Waals surface area contributed by atoms with Crippen molar-refractivity contribution in [2.24, 2.45) is 0 Å². The number of anilines is 2. The molecule has 2 aromatic heterocycles. The van der Waals surface area contributed by atoms with Crippen LogP contribution in [0.4, 0.5) is 11.6 Å². The summed E-state index contributed by atoms with van der Waals surface area (Å²) in [5.74, 6) is 1.80. The van der Waals surface area contributed by atoms with Crippen LogP contribution in [0.1, 0.15) is 18.4 Å². The molecule has 2 rings (SSSR count). The lowest BCUT2D eigenvalue weighted by atomic mass is 10.3. The van der Waals surface area contributed by atoms with Gasteiger partial charge in [0.05, 0.1) is 12.2 Å². The third-order valence-electron chi connectivity index (χ3n) is 2.73. The molecule has 20 heavy (non-hydrogen) atoms. The number of hydrogen-bond acceptors (Lipinski definition) is 6. The number of nitrogen functional groups attached to an aromatic ring is 1. The summed E-state index contributed by atoms with van der Waals surface area (Å²) in [5, 5.41) is 0. The van der Waals surface area contributed by atoms with Crippen LogP contribution in [0.25, 0.3) is 0 Å². The van der Waals surface area contributed by atoms with Gasteiger partial charge in [-0.05, 0) is 19.1 Å². The fraction of sp³-hybridized carbons (Fsp3) is 0.357.